The third-order valence-corrected chi connectivity index (χ3v) is 17.6. The third kappa shape index (κ3) is 6.08. The second kappa shape index (κ2) is 16.2. The molecule has 0 saturated carbocycles. The molecule has 0 bridgehead atoms. The molecule has 0 spiro atoms. The highest BCUT2D eigenvalue weighted by Crippen LogP contribution is 2.49. The van der Waals surface area contributed by atoms with Crippen molar-refractivity contribution in [2.45, 2.75) is 19.3 Å². The van der Waals surface area contributed by atoms with E-state index in [0.29, 0.717) is 0 Å². The molecule has 0 unspecified atom stereocenters. The highest BCUT2D eigenvalue weighted by atomic mass is 15.0. The Kier molecular flexibility index (Phi) is 8.81. The fourth-order valence-corrected chi connectivity index (χ4v) is 14.1. The summed E-state index contributed by atoms with van der Waals surface area (Å²) in [6.07, 6.45) is 10.4. The maximum Gasteiger partial charge on any atom is 0.0642 e. The molecule has 4 nitrogen and oxygen atoms in total. The van der Waals surface area contributed by atoms with Gasteiger partial charge < -0.3 is 18.1 Å². The number of benzene rings is 12. The maximum atomic E-state index is 2.58. The van der Waals surface area contributed by atoms with Crippen molar-refractivity contribution < 1.29 is 0 Å². The molecule has 0 saturated heterocycles. The zero-order valence-corrected chi connectivity index (χ0v) is 43.2. The van der Waals surface area contributed by atoms with Gasteiger partial charge in [-0.15, -0.1) is 0 Å². The van der Waals surface area contributed by atoms with Crippen molar-refractivity contribution in [1.29, 1.82) is 0 Å². The Bertz CT molecular complexity index is 5500. The number of nitrogens with zero attached hydrogens (tertiary/aromatic N) is 4. The van der Waals surface area contributed by atoms with Gasteiger partial charge in [-0.25, -0.2) is 0 Å². The average Bonchev–Trinajstić information content (AvgIpc) is 3.37. The Morgan fingerprint density at radius 3 is 1.39 bits per heavy atom. The van der Waals surface area contributed by atoms with E-state index in [1.807, 2.05) is 0 Å². The monoisotopic (exact) mass is 1000 g/mol. The first-order chi connectivity index (χ1) is 39.2. The van der Waals surface area contributed by atoms with Crippen LogP contribution in [0.3, 0.4) is 0 Å². The second-order valence-corrected chi connectivity index (χ2v) is 21.9. The zero-order valence-electron chi connectivity index (χ0n) is 43.2. The van der Waals surface area contributed by atoms with Gasteiger partial charge in [0.05, 0.1) is 49.7 Å². The molecular formula is C75H48N4. The Balaban J connectivity index is 0.861. The van der Waals surface area contributed by atoms with Gasteiger partial charge in [-0.05, 0) is 178 Å². The van der Waals surface area contributed by atoms with Crippen LogP contribution < -0.4 is 0 Å². The molecule has 1 aliphatic rings. The van der Waals surface area contributed by atoms with E-state index in [1.54, 1.807) is 0 Å². The van der Waals surface area contributed by atoms with Crippen molar-refractivity contribution in [3.63, 3.8) is 0 Å². The van der Waals surface area contributed by atoms with Gasteiger partial charge in [0.15, 0.2) is 0 Å². The van der Waals surface area contributed by atoms with Crippen LogP contribution in [0.25, 0.3) is 164 Å². The van der Waals surface area contributed by atoms with Gasteiger partial charge in [-0.3, -0.25) is 0 Å². The molecule has 17 aromatic rings. The zero-order chi connectivity index (χ0) is 51.4. The number of aromatic nitrogens is 4. The molecule has 368 valence electrons. The largest absolute Gasteiger partial charge is 0.310 e. The fraction of sp³-hybridized carbons (Fsp3) is 0.0400. The fourth-order valence-electron chi connectivity index (χ4n) is 14.1. The Morgan fingerprint density at radius 2 is 0.747 bits per heavy atom. The quantitative estimate of drug-likeness (QED) is 0.164. The van der Waals surface area contributed by atoms with Crippen LogP contribution in [0.1, 0.15) is 19.3 Å². The lowest BCUT2D eigenvalue weighted by molar-refractivity contribution is 0.875. The predicted molar refractivity (Wildman–Crippen MR) is 336 cm³/mol. The van der Waals surface area contributed by atoms with Crippen LogP contribution in [0, 0.1) is 0 Å². The van der Waals surface area contributed by atoms with Crippen LogP contribution in [0.4, 0.5) is 0 Å². The van der Waals surface area contributed by atoms with E-state index in [2.05, 4.69) is 273 Å². The van der Waals surface area contributed by atoms with E-state index in [4.69, 9.17) is 0 Å². The van der Waals surface area contributed by atoms with E-state index >= 15 is 0 Å². The summed E-state index contributed by atoms with van der Waals surface area (Å²) >= 11 is 0. The van der Waals surface area contributed by atoms with E-state index < -0.39 is 0 Å². The van der Waals surface area contributed by atoms with Crippen molar-refractivity contribution >= 4 is 131 Å². The molecule has 0 aliphatic heterocycles. The lowest BCUT2D eigenvalue weighted by atomic mass is 9.96. The standard InChI is InChI=1S/C75H48N4/c1-2-6-18-54(17-5-1)76-66-26-14-11-23-57(66)61-40-49(34-36-69(61)76)47-30-32-51-44-72-65(42-53(51)38-47)73-74-63(59-25-13-16-28-68(59)78(74)56-21-9-4-10-22-56)45-64-62-41-52-37-46(29-31-50(52)43-71(62)79(72)75(64)73)48-33-35-70-60(39-48)58-24-12-15-27-67(58)77(70)55-19-7-3-8-20-55/h3-5,7-45H,1-2,6H2. The molecule has 0 amide bonds. The van der Waals surface area contributed by atoms with E-state index in [1.165, 1.54) is 165 Å². The molecule has 18 rings (SSSR count). The molecule has 79 heavy (non-hydrogen) atoms. The van der Waals surface area contributed by atoms with E-state index in [-0.39, 0.29) is 0 Å². The van der Waals surface area contributed by atoms with Gasteiger partial charge in [0.2, 0.25) is 0 Å². The van der Waals surface area contributed by atoms with E-state index in [9.17, 15) is 0 Å². The van der Waals surface area contributed by atoms with E-state index in [0.717, 1.165) is 18.5 Å². The molecule has 0 fully saturated rings. The van der Waals surface area contributed by atoms with Gasteiger partial charge in [0.1, 0.15) is 0 Å². The average molecular weight is 1010 g/mol. The topological polar surface area (TPSA) is 19.2 Å². The molecule has 4 heteroatoms. The van der Waals surface area contributed by atoms with Gasteiger partial charge in [0.25, 0.3) is 0 Å². The summed E-state index contributed by atoms with van der Waals surface area (Å²) in [6.45, 7) is 0. The van der Waals surface area contributed by atoms with Crippen LogP contribution >= 0.6 is 0 Å². The number of rotatable bonds is 5. The SMILES string of the molecule is C1=CC(n2c3ccccc3c3cc(-c4ccc5cc6c(cc5c4)c4c5c(cc7c8cc9cc(-c%10ccc%11c(c%10)c%10ccccc%10n%11-c%10ccccc%10)ccc9cc8n6c74)c4ccccc4n5-c4ccccc4)ccc32)=CCCC1. The maximum absolute atomic E-state index is 2.58. The number of hydrogen-bond acceptors (Lipinski definition) is 0. The molecule has 0 N–H and O–H groups in total. The number of fused-ring (bicyclic) bond motifs is 18. The van der Waals surface area contributed by atoms with Crippen LogP contribution in [0.2, 0.25) is 0 Å². The molecular weight excluding hydrogens is 957 g/mol. The summed E-state index contributed by atoms with van der Waals surface area (Å²) in [5.74, 6) is 0. The van der Waals surface area contributed by atoms with Crippen LogP contribution in [0.15, 0.2) is 255 Å². The minimum absolute atomic E-state index is 1.09. The highest BCUT2D eigenvalue weighted by molar-refractivity contribution is 6.35. The first-order valence-electron chi connectivity index (χ1n) is 27.8. The van der Waals surface area contributed by atoms with Crippen molar-refractivity contribution in [2.75, 3.05) is 0 Å². The summed E-state index contributed by atoms with van der Waals surface area (Å²) in [5, 5.41) is 17.6. The summed E-state index contributed by atoms with van der Waals surface area (Å²) in [5.41, 5.74) is 19.6. The Morgan fingerprint density at radius 1 is 0.278 bits per heavy atom. The number of hydrogen-bond donors (Lipinski definition) is 0. The van der Waals surface area contributed by atoms with Crippen molar-refractivity contribution in [3.05, 3.63) is 255 Å². The van der Waals surface area contributed by atoms with Crippen LogP contribution in [-0.2, 0) is 0 Å². The summed E-state index contributed by atoms with van der Waals surface area (Å²) < 4.78 is 9.95. The summed E-state index contributed by atoms with van der Waals surface area (Å²) in [7, 11) is 0. The minimum Gasteiger partial charge on any atom is -0.310 e. The van der Waals surface area contributed by atoms with Crippen molar-refractivity contribution in [3.8, 4) is 33.6 Å². The van der Waals surface area contributed by atoms with Gasteiger partial charge in [0, 0.05) is 70.9 Å². The second-order valence-electron chi connectivity index (χ2n) is 21.9. The van der Waals surface area contributed by atoms with Gasteiger partial charge >= 0.3 is 0 Å². The smallest absolute Gasteiger partial charge is 0.0642 e. The Hall–Kier alpha value is -10.2. The minimum atomic E-state index is 1.09. The molecule has 1 aliphatic carbocycles. The lowest BCUT2D eigenvalue weighted by Crippen LogP contribution is -1.94. The highest BCUT2D eigenvalue weighted by Gasteiger charge is 2.26. The predicted octanol–water partition coefficient (Wildman–Crippen LogP) is 20.4. The summed E-state index contributed by atoms with van der Waals surface area (Å²) in [6, 6.07) is 88.9. The summed E-state index contributed by atoms with van der Waals surface area (Å²) in [4.78, 5) is 0. The first kappa shape index (κ1) is 43.0. The van der Waals surface area contributed by atoms with Crippen molar-refractivity contribution in [2.24, 2.45) is 0 Å². The third-order valence-electron chi connectivity index (χ3n) is 17.6. The molecule has 12 aromatic carbocycles. The number of para-hydroxylation sites is 5. The van der Waals surface area contributed by atoms with Crippen LogP contribution in [-0.4, -0.2) is 18.1 Å². The Labute approximate surface area is 454 Å². The molecule has 0 radical (unpaired) electrons. The van der Waals surface area contributed by atoms with Crippen LogP contribution in [0.5, 0.6) is 0 Å². The normalized spacial score (nSPS) is 13.4. The van der Waals surface area contributed by atoms with Gasteiger partial charge in [-0.2, -0.15) is 0 Å². The van der Waals surface area contributed by atoms with Crippen molar-refractivity contribution in [1.82, 2.24) is 18.1 Å². The lowest BCUT2D eigenvalue weighted by Gasteiger charge is -2.10. The number of allylic oxidation sites excluding steroid dienone is 4. The first-order valence-corrected chi connectivity index (χ1v) is 27.8. The molecule has 5 heterocycles. The van der Waals surface area contributed by atoms with Gasteiger partial charge in [-0.1, -0.05) is 140 Å². The molecule has 0 atom stereocenters. The molecule has 5 aromatic heterocycles.